The summed E-state index contributed by atoms with van der Waals surface area (Å²) < 4.78 is 16.0. The van der Waals surface area contributed by atoms with Crippen LogP contribution >= 0.6 is 24.0 Å². The molecule has 7 nitrogen and oxygen atoms in total. The zero-order valence-corrected chi connectivity index (χ0v) is 20.1. The normalized spacial score (nSPS) is 13.8. The lowest BCUT2D eigenvalue weighted by Crippen LogP contribution is -2.44. The molecule has 1 aromatic carbocycles. The zero-order valence-electron chi connectivity index (χ0n) is 17.8. The summed E-state index contributed by atoms with van der Waals surface area (Å²) >= 11 is 0. The molecule has 0 amide bonds. The second-order valence-corrected chi connectivity index (χ2v) is 6.77. The standard InChI is InChI=1S/C20H34N4O3.HI/c1-21-20(22-8-6-9-23(2)11-12-25-3)24-10-7-16-13-18(26-4)19(27-5)14-17(16)15-24;/h13-14H,6-12,15H2,1-5H3,(H,21,22);1H. The van der Waals surface area contributed by atoms with Gasteiger partial charge in [0.1, 0.15) is 0 Å². The Kier molecular flexibility index (Phi) is 11.6. The molecule has 28 heavy (non-hydrogen) atoms. The molecule has 1 aromatic rings. The van der Waals surface area contributed by atoms with Crippen LogP contribution in [0.25, 0.3) is 0 Å². The summed E-state index contributed by atoms with van der Waals surface area (Å²) in [5, 5.41) is 3.49. The van der Waals surface area contributed by atoms with Gasteiger partial charge in [0.2, 0.25) is 0 Å². The number of hydrogen-bond acceptors (Lipinski definition) is 5. The molecular formula is C20H35IN4O3. The first-order valence-electron chi connectivity index (χ1n) is 9.49. The molecule has 0 unspecified atom stereocenters. The quantitative estimate of drug-likeness (QED) is 0.240. The third-order valence-electron chi connectivity index (χ3n) is 4.91. The van der Waals surface area contributed by atoms with Crippen LogP contribution in [-0.2, 0) is 17.7 Å². The average molecular weight is 506 g/mol. The summed E-state index contributed by atoms with van der Waals surface area (Å²) in [6.45, 7) is 5.43. The molecule has 160 valence electrons. The number of benzene rings is 1. The van der Waals surface area contributed by atoms with Gasteiger partial charge < -0.3 is 29.3 Å². The van der Waals surface area contributed by atoms with E-state index in [1.165, 1.54) is 11.1 Å². The van der Waals surface area contributed by atoms with Gasteiger partial charge in [-0.15, -0.1) is 24.0 Å². The number of fused-ring (bicyclic) bond motifs is 1. The van der Waals surface area contributed by atoms with E-state index in [-0.39, 0.29) is 24.0 Å². The van der Waals surface area contributed by atoms with Crippen molar-refractivity contribution in [2.45, 2.75) is 19.4 Å². The van der Waals surface area contributed by atoms with Crippen LogP contribution in [0.2, 0.25) is 0 Å². The van der Waals surface area contributed by atoms with Gasteiger partial charge in [0, 0.05) is 40.3 Å². The lowest BCUT2D eigenvalue weighted by Gasteiger charge is -2.32. The van der Waals surface area contributed by atoms with E-state index in [1.54, 1.807) is 21.3 Å². The summed E-state index contributed by atoms with van der Waals surface area (Å²) in [5.74, 6) is 2.53. The van der Waals surface area contributed by atoms with Crippen LogP contribution in [0.5, 0.6) is 11.5 Å². The van der Waals surface area contributed by atoms with Crippen molar-refractivity contribution in [3.63, 3.8) is 0 Å². The fourth-order valence-corrected chi connectivity index (χ4v) is 3.30. The molecule has 1 aliphatic rings. The topological polar surface area (TPSA) is 58.6 Å². The SMILES string of the molecule is CN=C(NCCCN(C)CCOC)N1CCc2cc(OC)c(OC)cc2C1.I. The molecule has 0 fully saturated rings. The molecule has 2 rings (SSSR count). The molecule has 0 aromatic heterocycles. The molecule has 1 N–H and O–H groups in total. The summed E-state index contributed by atoms with van der Waals surface area (Å²) in [7, 11) is 9.06. The fourth-order valence-electron chi connectivity index (χ4n) is 3.30. The number of halogens is 1. The molecule has 0 saturated carbocycles. The fraction of sp³-hybridized carbons (Fsp3) is 0.650. The van der Waals surface area contributed by atoms with E-state index in [0.29, 0.717) is 0 Å². The van der Waals surface area contributed by atoms with Crippen molar-refractivity contribution >= 4 is 29.9 Å². The largest absolute Gasteiger partial charge is 0.493 e. The highest BCUT2D eigenvalue weighted by molar-refractivity contribution is 14.0. The minimum absolute atomic E-state index is 0. The lowest BCUT2D eigenvalue weighted by molar-refractivity contribution is 0.161. The van der Waals surface area contributed by atoms with Gasteiger partial charge in [0.25, 0.3) is 0 Å². The van der Waals surface area contributed by atoms with Crippen LogP contribution in [0.3, 0.4) is 0 Å². The van der Waals surface area contributed by atoms with Crippen molar-refractivity contribution < 1.29 is 14.2 Å². The van der Waals surface area contributed by atoms with Crippen molar-refractivity contribution in [3.8, 4) is 11.5 Å². The van der Waals surface area contributed by atoms with Crippen molar-refractivity contribution in [3.05, 3.63) is 23.3 Å². The van der Waals surface area contributed by atoms with E-state index < -0.39 is 0 Å². The third kappa shape index (κ3) is 6.97. The lowest BCUT2D eigenvalue weighted by atomic mass is 9.99. The van der Waals surface area contributed by atoms with Crippen molar-refractivity contribution in [1.29, 1.82) is 0 Å². The maximum atomic E-state index is 5.45. The van der Waals surface area contributed by atoms with Gasteiger partial charge in [0.05, 0.1) is 20.8 Å². The zero-order chi connectivity index (χ0) is 19.6. The number of nitrogens with zero attached hydrogens (tertiary/aromatic N) is 3. The monoisotopic (exact) mass is 506 g/mol. The van der Waals surface area contributed by atoms with Gasteiger partial charge in [-0.1, -0.05) is 0 Å². The van der Waals surface area contributed by atoms with Crippen LogP contribution in [0.4, 0.5) is 0 Å². The van der Waals surface area contributed by atoms with Crippen molar-refractivity contribution in [2.24, 2.45) is 4.99 Å². The Morgan fingerprint density at radius 3 is 2.43 bits per heavy atom. The summed E-state index contributed by atoms with van der Waals surface area (Å²) in [5.41, 5.74) is 2.58. The van der Waals surface area contributed by atoms with Gasteiger partial charge in [-0.05, 0) is 49.7 Å². The highest BCUT2D eigenvalue weighted by Crippen LogP contribution is 2.33. The summed E-state index contributed by atoms with van der Waals surface area (Å²) in [6.07, 6.45) is 2.03. The van der Waals surface area contributed by atoms with Crippen LogP contribution in [0.1, 0.15) is 17.5 Å². The molecule has 0 bridgehead atoms. The number of likely N-dealkylation sites (N-methyl/N-ethyl adjacent to an activating group) is 1. The Hall–Kier alpha value is -1.26. The molecule has 1 heterocycles. The molecule has 0 radical (unpaired) electrons. The first kappa shape index (κ1) is 24.8. The Bertz CT molecular complexity index is 628. The summed E-state index contributed by atoms with van der Waals surface area (Å²) in [6, 6.07) is 4.18. The Balaban J connectivity index is 0.00000392. The number of aliphatic imine (C=N–C) groups is 1. The number of hydrogen-bond donors (Lipinski definition) is 1. The maximum absolute atomic E-state index is 5.45. The number of methoxy groups -OCH3 is 3. The average Bonchev–Trinajstić information content (AvgIpc) is 2.70. The number of ether oxygens (including phenoxy) is 3. The van der Waals surface area contributed by atoms with Gasteiger partial charge in [0.15, 0.2) is 17.5 Å². The molecular weight excluding hydrogens is 471 g/mol. The maximum Gasteiger partial charge on any atom is 0.193 e. The predicted molar refractivity (Wildman–Crippen MR) is 124 cm³/mol. The third-order valence-corrected chi connectivity index (χ3v) is 4.91. The van der Waals surface area contributed by atoms with Gasteiger partial charge in [-0.2, -0.15) is 0 Å². The number of rotatable bonds is 9. The van der Waals surface area contributed by atoms with E-state index >= 15 is 0 Å². The molecule has 8 heteroatoms. The van der Waals surface area contributed by atoms with E-state index in [9.17, 15) is 0 Å². The van der Waals surface area contributed by atoms with Crippen molar-refractivity contribution in [1.82, 2.24) is 15.1 Å². The van der Waals surface area contributed by atoms with E-state index in [2.05, 4.69) is 39.3 Å². The number of nitrogens with one attached hydrogen (secondary N) is 1. The highest BCUT2D eigenvalue weighted by atomic mass is 127. The van der Waals surface area contributed by atoms with E-state index in [0.717, 1.165) is 69.6 Å². The van der Waals surface area contributed by atoms with Gasteiger partial charge in [-0.3, -0.25) is 4.99 Å². The molecule has 0 spiro atoms. The minimum Gasteiger partial charge on any atom is -0.493 e. The van der Waals surface area contributed by atoms with Crippen molar-refractivity contribution in [2.75, 3.05) is 68.2 Å². The Morgan fingerprint density at radius 2 is 1.82 bits per heavy atom. The van der Waals surface area contributed by atoms with Crippen LogP contribution in [0.15, 0.2) is 17.1 Å². The molecule has 0 atom stereocenters. The Morgan fingerprint density at radius 1 is 1.14 bits per heavy atom. The first-order valence-corrected chi connectivity index (χ1v) is 9.49. The predicted octanol–water partition coefficient (Wildman–Crippen LogP) is 2.22. The minimum atomic E-state index is 0. The smallest absolute Gasteiger partial charge is 0.193 e. The van der Waals surface area contributed by atoms with Crippen LogP contribution < -0.4 is 14.8 Å². The second-order valence-electron chi connectivity index (χ2n) is 6.77. The highest BCUT2D eigenvalue weighted by Gasteiger charge is 2.21. The molecule has 1 aliphatic heterocycles. The second kappa shape index (κ2) is 13.1. The Labute approximate surface area is 186 Å². The number of guanidine groups is 1. The molecule has 0 aliphatic carbocycles. The van der Waals surface area contributed by atoms with E-state index in [1.807, 2.05) is 7.05 Å². The summed E-state index contributed by atoms with van der Waals surface area (Å²) in [4.78, 5) is 9.05. The van der Waals surface area contributed by atoms with Crippen LogP contribution in [0, 0.1) is 0 Å². The first-order chi connectivity index (χ1) is 13.1. The van der Waals surface area contributed by atoms with Gasteiger partial charge >= 0.3 is 0 Å². The van der Waals surface area contributed by atoms with Crippen LogP contribution in [-0.4, -0.2) is 84.0 Å². The van der Waals surface area contributed by atoms with E-state index in [4.69, 9.17) is 14.2 Å². The molecule has 0 saturated heterocycles. The van der Waals surface area contributed by atoms with Gasteiger partial charge in [-0.25, -0.2) is 0 Å².